The molecule has 0 aliphatic carbocycles. The summed E-state index contributed by atoms with van der Waals surface area (Å²) in [4.78, 5) is 14.5. The minimum Gasteiger partial charge on any atom is -0.494 e. The quantitative estimate of drug-likeness (QED) is 0.592. The summed E-state index contributed by atoms with van der Waals surface area (Å²) in [5.74, 6) is 0.420. The van der Waals surface area contributed by atoms with E-state index in [0.717, 1.165) is 11.3 Å². The van der Waals surface area contributed by atoms with Crippen molar-refractivity contribution in [3.8, 4) is 5.75 Å². The first-order valence-electron chi connectivity index (χ1n) is 9.51. The third-order valence-electron chi connectivity index (χ3n) is 4.51. The van der Waals surface area contributed by atoms with Gasteiger partial charge in [-0.2, -0.15) is 4.31 Å². The van der Waals surface area contributed by atoms with E-state index >= 15 is 0 Å². The van der Waals surface area contributed by atoms with Crippen LogP contribution in [0, 0.1) is 0 Å². The normalized spacial score (nSPS) is 11.5. The van der Waals surface area contributed by atoms with Gasteiger partial charge in [0.05, 0.1) is 22.1 Å². The van der Waals surface area contributed by atoms with Gasteiger partial charge in [-0.05, 0) is 42.8 Å². The SMILES string of the molecule is CCOc1ccc(CN(C)C(=O)c2cc(S(=O)(=O)N(CC)CC)ccc2Cl)cc1. The Bertz CT molecular complexity index is 942. The summed E-state index contributed by atoms with van der Waals surface area (Å²) in [6.07, 6.45) is 0. The highest BCUT2D eigenvalue weighted by Crippen LogP contribution is 2.24. The largest absolute Gasteiger partial charge is 0.494 e. The minimum atomic E-state index is -3.68. The van der Waals surface area contributed by atoms with Gasteiger partial charge in [0, 0.05) is 26.7 Å². The Morgan fingerprint density at radius 2 is 1.66 bits per heavy atom. The van der Waals surface area contributed by atoms with Gasteiger partial charge in [-0.3, -0.25) is 4.79 Å². The second-order valence-corrected chi connectivity index (χ2v) is 8.81. The zero-order valence-corrected chi connectivity index (χ0v) is 18.8. The third kappa shape index (κ3) is 5.50. The molecular formula is C21H27ClN2O4S. The van der Waals surface area contributed by atoms with E-state index in [2.05, 4.69) is 0 Å². The van der Waals surface area contributed by atoms with Crippen LogP contribution in [-0.4, -0.2) is 50.3 Å². The third-order valence-corrected chi connectivity index (χ3v) is 6.89. The number of carbonyl (C=O) groups is 1. The number of ether oxygens (including phenoxy) is 1. The summed E-state index contributed by atoms with van der Waals surface area (Å²) >= 11 is 6.22. The lowest BCUT2D eigenvalue weighted by Crippen LogP contribution is -2.31. The lowest BCUT2D eigenvalue weighted by molar-refractivity contribution is 0.0785. The van der Waals surface area contributed by atoms with Gasteiger partial charge >= 0.3 is 0 Å². The molecule has 0 aliphatic rings. The Hall–Kier alpha value is -2.09. The molecule has 0 atom stereocenters. The van der Waals surface area contributed by atoms with Gasteiger partial charge in [-0.25, -0.2) is 8.42 Å². The Morgan fingerprint density at radius 3 is 2.21 bits per heavy atom. The summed E-state index contributed by atoms with van der Waals surface area (Å²) in [6.45, 7) is 7.10. The van der Waals surface area contributed by atoms with Crippen LogP contribution in [0.2, 0.25) is 5.02 Å². The molecule has 0 saturated carbocycles. The Balaban J connectivity index is 2.25. The molecule has 2 rings (SSSR count). The van der Waals surface area contributed by atoms with Gasteiger partial charge in [0.2, 0.25) is 10.0 Å². The van der Waals surface area contributed by atoms with Crippen LogP contribution in [0.15, 0.2) is 47.4 Å². The minimum absolute atomic E-state index is 0.0587. The van der Waals surface area contributed by atoms with Gasteiger partial charge in [-0.15, -0.1) is 0 Å². The van der Waals surface area contributed by atoms with Crippen LogP contribution in [0.1, 0.15) is 36.7 Å². The molecule has 29 heavy (non-hydrogen) atoms. The van der Waals surface area contributed by atoms with Gasteiger partial charge in [0.15, 0.2) is 0 Å². The fourth-order valence-electron chi connectivity index (χ4n) is 2.95. The van der Waals surface area contributed by atoms with Crippen molar-refractivity contribution in [2.45, 2.75) is 32.2 Å². The first kappa shape index (κ1) is 23.2. The molecule has 0 aromatic heterocycles. The second kappa shape index (κ2) is 10.1. The average molecular weight is 439 g/mol. The fourth-order valence-corrected chi connectivity index (χ4v) is 4.63. The van der Waals surface area contributed by atoms with Crippen LogP contribution in [0.5, 0.6) is 5.75 Å². The molecule has 2 aromatic rings. The van der Waals surface area contributed by atoms with Crippen LogP contribution >= 0.6 is 11.6 Å². The van der Waals surface area contributed by atoms with Crippen molar-refractivity contribution in [3.05, 3.63) is 58.6 Å². The predicted octanol–water partition coefficient (Wildman–Crippen LogP) is 4.04. The van der Waals surface area contributed by atoms with Crippen molar-refractivity contribution >= 4 is 27.5 Å². The molecular weight excluding hydrogens is 412 g/mol. The van der Waals surface area contributed by atoms with Crippen molar-refractivity contribution in [2.75, 3.05) is 26.7 Å². The molecule has 0 spiro atoms. The highest BCUT2D eigenvalue weighted by molar-refractivity contribution is 7.89. The Kier molecular flexibility index (Phi) is 8.07. The summed E-state index contributed by atoms with van der Waals surface area (Å²) in [7, 11) is -2.03. The van der Waals surface area contributed by atoms with Crippen LogP contribution in [0.25, 0.3) is 0 Å². The molecule has 0 aliphatic heterocycles. The number of carbonyl (C=O) groups excluding carboxylic acids is 1. The van der Waals surface area contributed by atoms with Crippen molar-refractivity contribution in [1.29, 1.82) is 0 Å². The molecule has 0 fully saturated rings. The average Bonchev–Trinajstić information content (AvgIpc) is 2.70. The van der Waals surface area contributed by atoms with Crippen molar-refractivity contribution in [1.82, 2.24) is 9.21 Å². The maximum atomic E-state index is 12.9. The van der Waals surface area contributed by atoms with Gasteiger partial charge < -0.3 is 9.64 Å². The van der Waals surface area contributed by atoms with E-state index in [1.807, 2.05) is 31.2 Å². The predicted molar refractivity (Wildman–Crippen MR) is 115 cm³/mol. The van der Waals surface area contributed by atoms with E-state index < -0.39 is 10.0 Å². The number of hydrogen-bond acceptors (Lipinski definition) is 4. The second-order valence-electron chi connectivity index (χ2n) is 6.47. The number of nitrogens with zero attached hydrogens (tertiary/aromatic N) is 2. The number of benzene rings is 2. The Labute approximate surface area is 178 Å². The zero-order valence-electron chi connectivity index (χ0n) is 17.2. The van der Waals surface area contributed by atoms with E-state index in [1.54, 1.807) is 20.9 Å². The summed E-state index contributed by atoms with van der Waals surface area (Å²) in [5, 5.41) is 0.215. The molecule has 0 N–H and O–H groups in total. The van der Waals surface area contributed by atoms with Gasteiger partial charge in [0.1, 0.15) is 5.75 Å². The molecule has 0 bridgehead atoms. The molecule has 6 nitrogen and oxygen atoms in total. The van der Waals surface area contributed by atoms with Crippen LogP contribution in [0.4, 0.5) is 0 Å². The molecule has 2 aromatic carbocycles. The van der Waals surface area contributed by atoms with Crippen LogP contribution in [0.3, 0.4) is 0 Å². The Morgan fingerprint density at radius 1 is 1.03 bits per heavy atom. The number of halogens is 1. The fraction of sp³-hybridized carbons (Fsp3) is 0.381. The zero-order chi connectivity index (χ0) is 21.6. The van der Waals surface area contributed by atoms with Gasteiger partial charge in [0.25, 0.3) is 5.91 Å². The number of hydrogen-bond donors (Lipinski definition) is 0. The molecule has 0 heterocycles. The highest BCUT2D eigenvalue weighted by Gasteiger charge is 2.24. The molecule has 0 saturated heterocycles. The van der Waals surface area contributed by atoms with Crippen molar-refractivity contribution in [3.63, 3.8) is 0 Å². The molecule has 0 radical (unpaired) electrons. The standard InChI is InChI=1S/C21H27ClN2O4S/c1-5-24(6-2)29(26,27)18-12-13-20(22)19(14-18)21(25)23(4)15-16-8-10-17(11-9-16)28-7-3/h8-14H,5-7,15H2,1-4H3. The lowest BCUT2D eigenvalue weighted by Gasteiger charge is -2.21. The topological polar surface area (TPSA) is 66.9 Å². The lowest BCUT2D eigenvalue weighted by atomic mass is 10.1. The smallest absolute Gasteiger partial charge is 0.255 e. The molecule has 0 unspecified atom stereocenters. The van der Waals surface area contributed by atoms with E-state index in [9.17, 15) is 13.2 Å². The van der Waals surface area contributed by atoms with Crippen molar-refractivity contribution in [2.24, 2.45) is 0 Å². The number of amides is 1. The van der Waals surface area contributed by atoms with Gasteiger partial charge in [-0.1, -0.05) is 37.6 Å². The first-order valence-corrected chi connectivity index (χ1v) is 11.3. The van der Waals surface area contributed by atoms with E-state index in [-0.39, 0.29) is 21.4 Å². The maximum Gasteiger partial charge on any atom is 0.255 e. The summed E-state index contributed by atoms with van der Waals surface area (Å²) < 4.78 is 32.3. The van der Waals surface area contributed by atoms with Crippen LogP contribution < -0.4 is 4.74 Å². The highest BCUT2D eigenvalue weighted by atomic mass is 35.5. The first-order chi connectivity index (χ1) is 13.7. The number of sulfonamides is 1. The van der Waals surface area contributed by atoms with Crippen LogP contribution in [-0.2, 0) is 16.6 Å². The molecule has 158 valence electrons. The molecule has 1 amide bonds. The molecule has 8 heteroatoms. The van der Waals surface area contributed by atoms with E-state index in [0.29, 0.717) is 26.2 Å². The summed E-state index contributed by atoms with van der Waals surface area (Å²) in [5.41, 5.74) is 1.08. The monoisotopic (exact) mass is 438 g/mol. The van der Waals surface area contributed by atoms with Crippen molar-refractivity contribution < 1.29 is 17.9 Å². The number of rotatable bonds is 9. The maximum absolute atomic E-state index is 12.9. The van der Waals surface area contributed by atoms with E-state index in [1.165, 1.54) is 27.4 Å². The summed E-state index contributed by atoms with van der Waals surface area (Å²) in [6, 6.07) is 11.7. The van der Waals surface area contributed by atoms with E-state index in [4.69, 9.17) is 16.3 Å².